The highest BCUT2D eigenvalue weighted by Gasteiger charge is 2.30. The quantitative estimate of drug-likeness (QED) is 0.589. The lowest BCUT2D eigenvalue weighted by Crippen LogP contribution is -2.40. The van der Waals surface area contributed by atoms with Gasteiger partial charge in [0.2, 0.25) is 10.0 Å². The van der Waals surface area contributed by atoms with Gasteiger partial charge in [0.05, 0.1) is 34.7 Å². The number of thioether (sulfide) groups is 1. The van der Waals surface area contributed by atoms with Gasteiger partial charge in [0.25, 0.3) is 0 Å². The number of nitrogens with zero attached hydrogens (tertiary/aromatic N) is 2. The van der Waals surface area contributed by atoms with Crippen molar-refractivity contribution in [2.24, 2.45) is 0 Å². The van der Waals surface area contributed by atoms with Crippen LogP contribution in [0.25, 0.3) is 11.0 Å². The number of imidazole rings is 1. The molecule has 0 atom stereocenters. The van der Waals surface area contributed by atoms with Gasteiger partial charge in [-0.15, -0.1) is 0 Å². The van der Waals surface area contributed by atoms with E-state index in [1.54, 1.807) is 12.1 Å². The number of sulfonamides is 1. The van der Waals surface area contributed by atoms with E-state index in [9.17, 15) is 21.6 Å². The zero-order chi connectivity index (χ0) is 21.4. The van der Waals surface area contributed by atoms with Crippen molar-refractivity contribution in [2.45, 2.75) is 22.0 Å². The van der Waals surface area contributed by atoms with Gasteiger partial charge in [-0.25, -0.2) is 13.4 Å². The van der Waals surface area contributed by atoms with Crippen molar-refractivity contribution in [1.29, 1.82) is 0 Å². The molecule has 1 aromatic heterocycles. The maximum Gasteiger partial charge on any atom is 0.416 e. The number of ether oxygens (including phenoxy) is 1. The van der Waals surface area contributed by atoms with Crippen LogP contribution in [0.15, 0.2) is 52.5 Å². The van der Waals surface area contributed by atoms with E-state index in [4.69, 9.17) is 4.74 Å². The molecule has 0 bridgehead atoms. The van der Waals surface area contributed by atoms with Crippen molar-refractivity contribution in [3.05, 3.63) is 53.6 Å². The van der Waals surface area contributed by atoms with E-state index in [0.717, 1.165) is 12.1 Å². The Labute approximate surface area is 175 Å². The molecule has 0 aliphatic carbocycles. The van der Waals surface area contributed by atoms with Crippen molar-refractivity contribution in [3.63, 3.8) is 0 Å². The SMILES string of the molecule is O=S(=O)(c1ccc2nc(SCc3cccc(C(F)(F)F)c3)[nH]c2c1)N1CCOCC1. The van der Waals surface area contributed by atoms with Gasteiger partial charge in [0, 0.05) is 18.8 Å². The van der Waals surface area contributed by atoms with Crippen molar-refractivity contribution in [2.75, 3.05) is 26.3 Å². The fourth-order valence-corrected chi connectivity index (χ4v) is 5.38. The number of fused-ring (bicyclic) bond motifs is 1. The van der Waals surface area contributed by atoms with Gasteiger partial charge in [-0.1, -0.05) is 30.0 Å². The molecule has 0 unspecified atom stereocenters. The number of hydrogen-bond acceptors (Lipinski definition) is 5. The summed E-state index contributed by atoms with van der Waals surface area (Å²) in [4.78, 5) is 7.60. The number of alkyl halides is 3. The fraction of sp³-hybridized carbons (Fsp3) is 0.316. The molecular weight excluding hydrogens is 439 g/mol. The van der Waals surface area contributed by atoms with Gasteiger partial charge >= 0.3 is 6.18 Å². The lowest BCUT2D eigenvalue weighted by molar-refractivity contribution is -0.137. The molecule has 11 heteroatoms. The molecule has 1 saturated heterocycles. The minimum Gasteiger partial charge on any atom is -0.379 e. The molecule has 1 aliphatic rings. The smallest absolute Gasteiger partial charge is 0.379 e. The van der Waals surface area contributed by atoms with Gasteiger partial charge < -0.3 is 9.72 Å². The summed E-state index contributed by atoms with van der Waals surface area (Å²) in [7, 11) is -3.63. The molecule has 3 aromatic rings. The van der Waals surface area contributed by atoms with Crippen LogP contribution in [0.5, 0.6) is 0 Å². The first kappa shape index (κ1) is 21.2. The molecule has 6 nitrogen and oxygen atoms in total. The third-order valence-electron chi connectivity index (χ3n) is 4.67. The normalized spacial score (nSPS) is 16.2. The van der Waals surface area contributed by atoms with Crippen LogP contribution in [0.4, 0.5) is 13.2 Å². The summed E-state index contributed by atoms with van der Waals surface area (Å²) in [6, 6.07) is 9.80. The third-order valence-corrected chi connectivity index (χ3v) is 7.51. The Morgan fingerprint density at radius 2 is 1.90 bits per heavy atom. The van der Waals surface area contributed by atoms with Gasteiger partial charge in [-0.3, -0.25) is 0 Å². The van der Waals surface area contributed by atoms with Crippen LogP contribution in [0, 0.1) is 0 Å². The first-order valence-electron chi connectivity index (χ1n) is 9.10. The van der Waals surface area contributed by atoms with Crippen molar-refractivity contribution in [1.82, 2.24) is 14.3 Å². The summed E-state index contributed by atoms with van der Waals surface area (Å²) in [5.41, 5.74) is 0.965. The van der Waals surface area contributed by atoms with Crippen molar-refractivity contribution < 1.29 is 26.3 Å². The third kappa shape index (κ3) is 4.48. The average molecular weight is 457 g/mol. The molecule has 1 aliphatic heterocycles. The molecule has 0 amide bonds. The standard InChI is InChI=1S/C19H18F3N3O3S2/c20-19(21,22)14-3-1-2-13(10-14)12-29-18-23-16-5-4-15(11-17(16)24-18)30(26,27)25-6-8-28-9-7-25/h1-5,10-11H,6-9,12H2,(H,23,24). The molecular formula is C19H18F3N3O3S2. The van der Waals surface area contributed by atoms with Crippen LogP contribution in [0.3, 0.4) is 0 Å². The summed E-state index contributed by atoms with van der Waals surface area (Å²) >= 11 is 1.25. The summed E-state index contributed by atoms with van der Waals surface area (Å²) in [5.74, 6) is 0.294. The van der Waals surface area contributed by atoms with Crippen molar-refractivity contribution in [3.8, 4) is 0 Å². The Kier molecular flexibility index (Phi) is 5.80. The number of halogens is 3. The molecule has 160 valence electrons. The number of benzene rings is 2. The molecule has 2 aromatic carbocycles. The first-order valence-corrected chi connectivity index (χ1v) is 11.5. The van der Waals surface area contributed by atoms with E-state index in [0.29, 0.717) is 53.8 Å². The fourth-order valence-electron chi connectivity index (χ4n) is 3.12. The Morgan fingerprint density at radius 3 is 2.63 bits per heavy atom. The van der Waals surface area contributed by atoms with Crippen LogP contribution >= 0.6 is 11.8 Å². The molecule has 4 rings (SSSR count). The van der Waals surface area contributed by atoms with E-state index < -0.39 is 21.8 Å². The number of morpholine rings is 1. The molecule has 30 heavy (non-hydrogen) atoms. The van der Waals surface area contributed by atoms with E-state index in [-0.39, 0.29) is 4.90 Å². The molecule has 0 spiro atoms. The van der Waals surface area contributed by atoms with Gasteiger partial charge in [-0.05, 0) is 29.8 Å². The molecule has 2 heterocycles. The van der Waals surface area contributed by atoms with Gasteiger partial charge in [0.15, 0.2) is 5.16 Å². The van der Waals surface area contributed by atoms with Gasteiger partial charge in [0.1, 0.15) is 0 Å². The highest BCUT2D eigenvalue weighted by molar-refractivity contribution is 7.98. The van der Waals surface area contributed by atoms with Crippen LogP contribution in [-0.4, -0.2) is 49.0 Å². The topological polar surface area (TPSA) is 75.3 Å². The zero-order valence-electron chi connectivity index (χ0n) is 15.6. The van der Waals surface area contributed by atoms with E-state index in [1.165, 1.54) is 34.3 Å². The number of aromatic amines is 1. The Bertz CT molecular complexity index is 1160. The maximum absolute atomic E-state index is 12.9. The van der Waals surface area contributed by atoms with Crippen LogP contribution < -0.4 is 0 Å². The van der Waals surface area contributed by atoms with E-state index in [1.807, 2.05) is 0 Å². The minimum atomic E-state index is -4.39. The van der Waals surface area contributed by atoms with E-state index >= 15 is 0 Å². The van der Waals surface area contributed by atoms with Gasteiger partial charge in [-0.2, -0.15) is 17.5 Å². The lowest BCUT2D eigenvalue weighted by Gasteiger charge is -2.25. The highest BCUT2D eigenvalue weighted by atomic mass is 32.2. The minimum absolute atomic E-state index is 0.162. The number of nitrogens with one attached hydrogen (secondary N) is 1. The van der Waals surface area contributed by atoms with E-state index in [2.05, 4.69) is 9.97 Å². The average Bonchev–Trinajstić information content (AvgIpc) is 3.15. The lowest BCUT2D eigenvalue weighted by atomic mass is 10.1. The number of hydrogen-bond donors (Lipinski definition) is 1. The molecule has 1 fully saturated rings. The number of rotatable bonds is 5. The Morgan fingerprint density at radius 1 is 1.13 bits per heavy atom. The highest BCUT2D eigenvalue weighted by Crippen LogP contribution is 2.31. The van der Waals surface area contributed by atoms with Crippen LogP contribution in [-0.2, 0) is 26.7 Å². The molecule has 0 saturated carbocycles. The second-order valence-electron chi connectivity index (χ2n) is 6.72. The summed E-state index contributed by atoms with van der Waals surface area (Å²) in [5, 5.41) is 0.503. The van der Waals surface area contributed by atoms with Crippen molar-refractivity contribution >= 4 is 32.8 Å². The maximum atomic E-state index is 12.9. The predicted molar refractivity (Wildman–Crippen MR) is 107 cm³/mol. The number of H-pyrrole nitrogens is 1. The second-order valence-corrected chi connectivity index (χ2v) is 9.63. The van der Waals surface area contributed by atoms with Crippen LogP contribution in [0.2, 0.25) is 0 Å². The Hall–Kier alpha value is -2.08. The number of aromatic nitrogens is 2. The Balaban J connectivity index is 1.52. The molecule has 0 radical (unpaired) electrons. The van der Waals surface area contributed by atoms with Crippen LogP contribution in [0.1, 0.15) is 11.1 Å². The molecule has 1 N–H and O–H groups in total. The summed E-state index contributed by atoms with van der Waals surface area (Å²) in [6.07, 6.45) is -4.39. The zero-order valence-corrected chi connectivity index (χ0v) is 17.3. The summed E-state index contributed by atoms with van der Waals surface area (Å²) in [6.45, 7) is 1.34. The predicted octanol–water partition coefficient (Wildman–Crippen LogP) is 3.89. The first-order chi connectivity index (χ1) is 14.2. The summed E-state index contributed by atoms with van der Waals surface area (Å²) < 4.78 is 70.8. The second kappa shape index (κ2) is 8.22. The monoisotopic (exact) mass is 457 g/mol. The largest absolute Gasteiger partial charge is 0.416 e.